The standard InChI is InChI=1S/C41H52N6O8/c1-7-22-46(38(50)34(26(2)3)44-40(52)54-5)24-27(4)36(48)42-32-17-13-28(14-18-32)29-15-19-33(20-16-29)43-37(49)31-21-23-47(25-31)39(51)35(45-41(53)55-6)30-11-9-8-10-12-30/h8-20,26-27,31,34-35H,7,21-25H2,1-6H3,(H,42,48)(H,43,49)(H,44,52)(H,45,53)/t27-,31+,34-,35+/m0/s1. The molecular weight excluding hydrogens is 704 g/mol. The van der Waals surface area contributed by atoms with Crippen molar-refractivity contribution in [1.82, 2.24) is 20.4 Å². The molecule has 1 aliphatic rings. The third-order valence-electron chi connectivity index (χ3n) is 9.47. The fourth-order valence-corrected chi connectivity index (χ4v) is 6.34. The minimum atomic E-state index is -0.933. The SMILES string of the molecule is CCCN(C[C@H](C)C(=O)Nc1ccc(-c2ccc(NC(=O)[C@@H]3CCN(C(=O)[C@H](NC(=O)OC)c4ccccc4)C3)cc2)cc1)C(=O)[C@@H](NC(=O)OC)C(C)C. The van der Waals surface area contributed by atoms with Gasteiger partial charge >= 0.3 is 12.2 Å². The first kappa shape index (κ1) is 41.8. The van der Waals surface area contributed by atoms with Crippen LogP contribution in [0.4, 0.5) is 21.0 Å². The fraction of sp³-hybridized carbons (Fsp3) is 0.415. The van der Waals surface area contributed by atoms with Crippen molar-refractivity contribution >= 4 is 47.2 Å². The molecule has 14 heteroatoms. The van der Waals surface area contributed by atoms with Gasteiger partial charge in [0.2, 0.25) is 23.6 Å². The monoisotopic (exact) mass is 756 g/mol. The number of rotatable bonds is 15. The summed E-state index contributed by atoms with van der Waals surface area (Å²) in [6, 6.07) is 21.9. The van der Waals surface area contributed by atoms with E-state index in [9.17, 15) is 28.8 Å². The lowest BCUT2D eigenvalue weighted by atomic mass is 10.0. The molecule has 14 nitrogen and oxygen atoms in total. The molecular formula is C41H52N6O8. The molecule has 294 valence electrons. The van der Waals surface area contributed by atoms with Gasteiger partial charge in [0.15, 0.2) is 0 Å². The normalized spacial score (nSPS) is 15.3. The molecule has 55 heavy (non-hydrogen) atoms. The van der Waals surface area contributed by atoms with Crippen molar-refractivity contribution in [2.75, 3.05) is 51.0 Å². The highest BCUT2D eigenvalue weighted by Crippen LogP contribution is 2.26. The van der Waals surface area contributed by atoms with Gasteiger partial charge in [0, 0.05) is 37.6 Å². The molecule has 0 bridgehead atoms. The topological polar surface area (TPSA) is 175 Å². The number of hydrogen-bond acceptors (Lipinski definition) is 8. The zero-order valence-corrected chi connectivity index (χ0v) is 32.3. The van der Waals surface area contributed by atoms with Gasteiger partial charge < -0.3 is 40.5 Å². The number of nitrogens with one attached hydrogen (secondary N) is 4. The van der Waals surface area contributed by atoms with Gasteiger partial charge in [-0.3, -0.25) is 19.2 Å². The largest absolute Gasteiger partial charge is 0.453 e. The molecule has 0 saturated carbocycles. The van der Waals surface area contributed by atoms with Crippen LogP contribution in [0.15, 0.2) is 78.9 Å². The molecule has 1 saturated heterocycles. The van der Waals surface area contributed by atoms with Crippen LogP contribution in [0.2, 0.25) is 0 Å². The Labute approximate surface area is 322 Å². The van der Waals surface area contributed by atoms with E-state index in [1.165, 1.54) is 14.2 Å². The van der Waals surface area contributed by atoms with Gasteiger partial charge in [-0.15, -0.1) is 0 Å². The van der Waals surface area contributed by atoms with Crippen molar-refractivity contribution < 1.29 is 38.2 Å². The number of alkyl carbamates (subject to hydrolysis) is 2. The smallest absolute Gasteiger partial charge is 0.407 e. The number of carbonyl (C=O) groups excluding carboxylic acids is 6. The van der Waals surface area contributed by atoms with Crippen LogP contribution >= 0.6 is 0 Å². The number of hydrogen-bond donors (Lipinski definition) is 4. The number of methoxy groups -OCH3 is 2. The van der Waals surface area contributed by atoms with Gasteiger partial charge in [0.25, 0.3) is 0 Å². The van der Waals surface area contributed by atoms with Gasteiger partial charge in [-0.1, -0.05) is 82.3 Å². The van der Waals surface area contributed by atoms with Crippen molar-refractivity contribution in [3.05, 3.63) is 84.4 Å². The van der Waals surface area contributed by atoms with E-state index in [1.807, 2.05) is 63.2 Å². The maximum absolute atomic E-state index is 13.4. The lowest BCUT2D eigenvalue weighted by Gasteiger charge is -2.31. The van der Waals surface area contributed by atoms with E-state index in [4.69, 9.17) is 9.47 Å². The molecule has 3 aromatic carbocycles. The molecule has 0 aliphatic carbocycles. The number of benzene rings is 3. The lowest BCUT2D eigenvalue weighted by molar-refractivity contribution is -0.136. The first-order valence-corrected chi connectivity index (χ1v) is 18.5. The van der Waals surface area contributed by atoms with Crippen LogP contribution in [0.1, 0.15) is 52.1 Å². The van der Waals surface area contributed by atoms with Crippen LogP contribution < -0.4 is 21.3 Å². The third-order valence-corrected chi connectivity index (χ3v) is 9.47. The zero-order chi connectivity index (χ0) is 40.1. The molecule has 4 rings (SSSR count). The molecule has 0 unspecified atom stereocenters. The summed E-state index contributed by atoms with van der Waals surface area (Å²) < 4.78 is 9.42. The van der Waals surface area contributed by atoms with Crippen LogP contribution in [-0.2, 0) is 28.7 Å². The van der Waals surface area contributed by atoms with E-state index >= 15 is 0 Å². The van der Waals surface area contributed by atoms with Gasteiger partial charge in [-0.25, -0.2) is 9.59 Å². The fourth-order valence-electron chi connectivity index (χ4n) is 6.34. The lowest BCUT2D eigenvalue weighted by Crippen LogP contribution is -2.52. The van der Waals surface area contributed by atoms with E-state index in [2.05, 4.69) is 21.3 Å². The highest BCUT2D eigenvalue weighted by atomic mass is 16.5. The Hall–Kier alpha value is -5.92. The number of amides is 6. The van der Waals surface area contributed by atoms with Crippen molar-refractivity contribution in [3.63, 3.8) is 0 Å². The van der Waals surface area contributed by atoms with Crippen molar-refractivity contribution in [3.8, 4) is 11.1 Å². The quantitative estimate of drug-likeness (QED) is 0.159. The predicted octanol–water partition coefficient (Wildman–Crippen LogP) is 5.43. The zero-order valence-electron chi connectivity index (χ0n) is 32.3. The molecule has 4 N–H and O–H groups in total. The first-order valence-electron chi connectivity index (χ1n) is 18.5. The molecule has 1 aliphatic heterocycles. The molecule has 6 amide bonds. The van der Waals surface area contributed by atoms with Gasteiger partial charge in [-0.05, 0) is 59.7 Å². The molecule has 0 aromatic heterocycles. The molecule has 0 spiro atoms. The van der Waals surface area contributed by atoms with Crippen LogP contribution in [0.3, 0.4) is 0 Å². The maximum atomic E-state index is 13.4. The summed E-state index contributed by atoms with van der Waals surface area (Å²) in [5.41, 5.74) is 3.64. The second kappa shape index (κ2) is 20.0. The van der Waals surface area contributed by atoms with Crippen molar-refractivity contribution in [2.45, 2.75) is 52.6 Å². The van der Waals surface area contributed by atoms with Gasteiger partial charge in [0.05, 0.1) is 26.1 Å². The van der Waals surface area contributed by atoms with Gasteiger partial charge in [-0.2, -0.15) is 0 Å². The van der Waals surface area contributed by atoms with Crippen molar-refractivity contribution in [2.24, 2.45) is 17.8 Å². The first-order chi connectivity index (χ1) is 26.3. The van der Waals surface area contributed by atoms with Gasteiger partial charge in [0.1, 0.15) is 12.1 Å². The summed E-state index contributed by atoms with van der Waals surface area (Å²) in [6.07, 6.45) is -0.233. The molecule has 1 heterocycles. The summed E-state index contributed by atoms with van der Waals surface area (Å²) in [5, 5.41) is 11.1. The summed E-state index contributed by atoms with van der Waals surface area (Å²) in [4.78, 5) is 80.2. The summed E-state index contributed by atoms with van der Waals surface area (Å²) in [7, 11) is 2.48. The van der Waals surface area contributed by atoms with Crippen LogP contribution in [-0.4, -0.2) is 92.1 Å². The van der Waals surface area contributed by atoms with Crippen LogP contribution in [0.5, 0.6) is 0 Å². The minimum absolute atomic E-state index is 0.176. The number of nitrogens with zero attached hydrogens (tertiary/aromatic N) is 2. The highest BCUT2D eigenvalue weighted by Gasteiger charge is 2.36. The maximum Gasteiger partial charge on any atom is 0.407 e. The third kappa shape index (κ3) is 11.5. The van der Waals surface area contributed by atoms with E-state index in [0.717, 1.165) is 11.1 Å². The molecule has 4 atom stereocenters. The second-order valence-corrected chi connectivity index (χ2v) is 13.9. The summed E-state index contributed by atoms with van der Waals surface area (Å²) in [6.45, 7) is 8.60. The van der Waals surface area contributed by atoms with E-state index < -0.39 is 36.1 Å². The number of anilines is 2. The van der Waals surface area contributed by atoms with Crippen molar-refractivity contribution in [1.29, 1.82) is 0 Å². The minimum Gasteiger partial charge on any atom is -0.453 e. The Morgan fingerprint density at radius 2 is 1.35 bits per heavy atom. The molecule has 3 aromatic rings. The van der Waals surface area contributed by atoms with Crippen LogP contribution in [0, 0.1) is 17.8 Å². The number of carbonyl (C=O) groups is 6. The number of likely N-dealkylation sites (tertiary alicyclic amines) is 1. The average Bonchev–Trinajstić information content (AvgIpc) is 3.70. The second-order valence-electron chi connectivity index (χ2n) is 13.9. The number of ether oxygens (including phenoxy) is 2. The summed E-state index contributed by atoms with van der Waals surface area (Å²) in [5.74, 6) is -2.14. The average molecular weight is 757 g/mol. The Bertz CT molecular complexity index is 1780. The van der Waals surface area contributed by atoms with E-state index in [-0.39, 0.29) is 42.6 Å². The Balaban J connectivity index is 1.30. The summed E-state index contributed by atoms with van der Waals surface area (Å²) >= 11 is 0. The Kier molecular flexibility index (Phi) is 15.2. The Morgan fingerprint density at radius 1 is 0.782 bits per heavy atom. The predicted molar refractivity (Wildman–Crippen MR) is 209 cm³/mol. The van der Waals surface area contributed by atoms with E-state index in [0.29, 0.717) is 42.9 Å². The molecule has 0 radical (unpaired) electrons. The highest BCUT2D eigenvalue weighted by molar-refractivity contribution is 5.95. The van der Waals surface area contributed by atoms with Crippen LogP contribution in [0.25, 0.3) is 11.1 Å². The van der Waals surface area contributed by atoms with E-state index in [1.54, 1.807) is 53.1 Å². The Morgan fingerprint density at radius 3 is 1.89 bits per heavy atom. The molecule has 1 fully saturated rings.